The van der Waals surface area contributed by atoms with Crippen LogP contribution in [0.2, 0.25) is 0 Å². The zero-order valence-corrected chi connectivity index (χ0v) is 16.3. The zero-order chi connectivity index (χ0) is 20.6. The van der Waals surface area contributed by atoms with Crippen molar-refractivity contribution in [3.8, 4) is 11.5 Å². The van der Waals surface area contributed by atoms with Crippen LogP contribution in [-0.4, -0.2) is 26.0 Å². The van der Waals surface area contributed by atoms with Crippen molar-refractivity contribution in [2.24, 2.45) is 0 Å². The van der Waals surface area contributed by atoms with Gasteiger partial charge in [-0.25, -0.2) is 0 Å². The van der Waals surface area contributed by atoms with Crippen LogP contribution < -0.4 is 20.1 Å². The normalized spacial score (nSPS) is 10.1. The average molecular weight is 390 g/mol. The highest BCUT2D eigenvalue weighted by atomic mass is 16.5. The van der Waals surface area contributed by atoms with Crippen molar-refractivity contribution in [2.75, 3.05) is 19.5 Å². The third-order valence-electron chi connectivity index (χ3n) is 4.36. The maximum atomic E-state index is 12.5. The summed E-state index contributed by atoms with van der Waals surface area (Å²) in [6.45, 7) is 0.444. The van der Waals surface area contributed by atoms with E-state index < -0.39 is 0 Å². The van der Waals surface area contributed by atoms with Gasteiger partial charge in [0.05, 0.1) is 19.9 Å². The molecule has 0 aliphatic rings. The van der Waals surface area contributed by atoms with Crippen molar-refractivity contribution in [1.29, 1.82) is 0 Å². The van der Waals surface area contributed by atoms with Crippen molar-refractivity contribution < 1.29 is 19.1 Å². The largest absolute Gasteiger partial charge is 0.497 e. The van der Waals surface area contributed by atoms with Gasteiger partial charge in [0, 0.05) is 23.7 Å². The quantitative estimate of drug-likeness (QED) is 0.642. The summed E-state index contributed by atoms with van der Waals surface area (Å²) >= 11 is 0. The number of methoxy groups -OCH3 is 2. The summed E-state index contributed by atoms with van der Waals surface area (Å²) in [5.74, 6) is 0.627. The molecule has 29 heavy (non-hydrogen) atoms. The van der Waals surface area contributed by atoms with E-state index in [0.717, 1.165) is 5.56 Å². The van der Waals surface area contributed by atoms with Gasteiger partial charge in [0.15, 0.2) is 0 Å². The molecule has 3 rings (SSSR count). The van der Waals surface area contributed by atoms with Gasteiger partial charge in [0.25, 0.3) is 11.8 Å². The fourth-order valence-corrected chi connectivity index (χ4v) is 2.75. The van der Waals surface area contributed by atoms with Crippen LogP contribution in [0.4, 0.5) is 5.69 Å². The van der Waals surface area contributed by atoms with E-state index in [1.165, 1.54) is 7.11 Å². The molecule has 0 saturated heterocycles. The van der Waals surface area contributed by atoms with Gasteiger partial charge in [-0.05, 0) is 42.0 Å². The molecular formula is C23H22N2O4. The lowest BCUT2D eigenvalue weighted by atomic mass is 10.1. The first kappa shape index (κ1) is 19.9. The molecule has 0 bridgehead atoms. The van der Waals surface area contributed by atoms with E-state index in [9.17, 15) is 9.59 Å². The van der Waals surface area contributed by atoms with E-state index >= 15 is 0 Å². The molecule has 6 heteroatoms. The van der Waals surface area contributed by atoms with Gasteiger partial charge in [0.1, 0.15) is 11.5 Å². The number of hydrogen-bond acceptors (Lipinski definition) is 4. The Labute approximate surface area is 169 Å². The number of carbonyl (C=O) groups excluding carboxylic acids is 2. The molecule has 0 aliphatic heterocycles. The number of benzene rings is 3. The van der Waals surface area contributed by atoms with Crippen molar-refractivity contribution in [2.45, 2.75) is 6.54 Å². The topological polar surface area (TPSA) is 76.7 Å². The van der Waals surface area contributed by atoms with Gasteiger partial charge in [-0.1, -0.05) is 30.3 Å². The lowest BCUT2D eigenvalue weighted by Gasteiger charge is -2.12. The van der Waals surface area contributed by atoms with Crippen LogP contribution in [0.1, 0.15) is 26.3 Å². The molecule has 0 unspecified atom stereocenters. The standard InChI is InChI=1S/C23H22N2O4/c1-28-19-12-13-20(21(14-19)29-2)25-23(27)18-10-8-17(9-11-18)22(26)24-15-16-6-4-3-5-7-16/h3-14H,15H2,1-2H3,(H,24,26)(H,25,27). The number of carbonyl (C=O) groups is 2. The molecule has 148 valence electrons. The number of nitrogens with one attached hydrogen (secondary N) is 2. The molecule has 0 saturated carbocycles. The number of amides is 2. The van der Waals surface area contributed by atoms with Gasteiger partial charge in [-0.3, -0.25) is 9.59 Å². The summed E-state index contributed by atoms with van der Waals surface area (Å²) in [5.41, 5.74) is 2.47. The average Bonchev–Trinajstić information content (AvgIpc) is 2.78. The summed E-state index contributed by atoms with van der Waals surface area (Å²) in [6, 6.07) is 21.3. The second kappa shape index (κ2) is 9.41. The molecule has 0 atom stereocenters. The maximum absolute atomic E-state index is 12.5. The Hall–Kier alpha value is -3.80. The highest BCUT2D eigenvalue weighted by Gasteiger charge is 2.12. The van der Waals surface area contributed by atoms with E-state index in [4.69, 9.17) is 9.47 Å². The van der Waals surface area contributed by atoms with Crippen LogP contribution in [0.3, 0.4) is 0 Å². The van der Waals surface area contributed by atoms with Crippen molar-refractivity contribution in [3.05, 3.63) is 89.5 Å². The summed E-state index contributed by atoms with van der Waals surface area (Å²) in [7, 11) is 3.08. The molecule has 0 spiro atoms. The third-order valence-corrected chi connectivity index (χ3v) is 4.36. The fraction of sp³-hybridized carbons (Fsp3) is 0.130. The maximum Gasteiger partial charge on any atom is 0.255 e. The summed E-state index contributed by atoms with van der Waals surface area (Å²) in [4.78, 5) is 24.8. The number of ether oxygens (including phenoxy) is 2. The van der Waals surface area contributed by atoms with Crippen LogP contribution in [0.25, 0.3) is 0 Å². The van der Waals surface area contributed by atoms with Crippen LogP contribution in [0.5, 0.6) is 11.5 Å². The van der Waals surface area contributed by atoms with Gasteiger partial charge in [-0.2, -0.15) is 0 Å². The predicted molar refractivity (Wildman–Crippen MR) is 112 cm³/mol. The van der Waals surface area contributed by atoms with E-state index in [1.807, 2.05) is 30.3 Å². The molecule has 0 fully saturated rings. The molecule has 0 aromatic heterocycles. The van der Waals surface area contributed by atoms with E-state index in [-0.39, 0.29) is 11.8 Å². The summed E-state index contributed by atoms with van der Waals surface area (Å²) < 4.78 is 10.4. The minimum Gasteiger partial charge on any atom is -0.497 e. The smallest absolute Gasteiger partial charge is 0.255 e. The first-order valence-electron chi connectivity index (χ1n) is 9.06. The van der Waals surface area contributed by atoms with Gasteiger partial charge >= 0.3 is 0 Å². The third kappa shape index (κ3) is 5.13. The minimum absolute atomic E-state index is 0.197. The number of anilines is 1. The summed E-state index contributed by atoms with van der Waals surface area (Å²) in [6.07, 6.45) is 0. The van der Waals surface area contributed by atoms with Crippen molar-refractivity contribution >= 4 is 17.5 Å². The molecule has 2 N–H and O–H groups in total. The van der Waals surface area contributed by atoms with Gasteiger partial charge < -0.3 is 20.1 Å². The molecule has 0 radical (unpaired) electrons. The SMILES string of the molecule is COc1ccc(NC(=O)c2ccc(C(=O)NCc3ccccc3)cc2)c(OC)c1. The van der Waals surface area contributed by atoms with Crippen LogP contribution in [-0.2, 0) is 6.54 Å². The number of hydrogen-bond donors (Lipinski definition) is 2. The van der Waals surface area contributed by atoms with E-state index in [1.54, 1.807) is 49.6 Å². The molecule has 3 aromatic rings. The molecule has 3 aromatic carbocycles. The van der Waals surface area contributed by atoms with Crippen LogP contribution in [0.15, 0.2) is 72.8 Å². The number of rotatable bonds is 7. The minimum atomic E-state index is -0.301. The first-order valence-corrected chi connectivity index (χ1v) is 9.06. The monoisotopic (exact) mass is 390 g/mol. The van der Waals surface area contributed by atoms with Gasteiger partial charge in [-0.15, -0.1) is 0 Å². The molecule has 0 aliphatic carbocycles. The second-order valence-corrected chi connectivity index (χ2v) is 6.27. The van der Waals surface area contributed by atoms with E-state index in [0.29, 0.717) is 34.9 Å². The summed E-state index contributed by atoms with van der Waals surface area (Å²) in [5, 5.41) is 5.67. The molecule has 0 heterocycles. The Kier molecular flexibility index (Phi) is 6.47. The van der Waals surface area contributed by atoms with Crippen molar-refractivity contribution in [1.82, 2.24) is 5.32 Å². The lowest BCUT2D eigenvalue weighted by Crippen LogP contribution is -2.22. The molecule has 6 nitrogen and oxygen atoms in total. The molecule has 2 amide bonds. The Morgan fingerprint density at radius 1 is 0.793 bits per heavy atom. The Bertz CT molecular complexity index is 986. The van der Waals surface area contributed by atoms with Crippen molar-refractivity contribution in [3.63, 3.8) is 0 Å². The predicted octanol–water partition coefficient (Wildman–Crippen LogP) is 3.89. The Morgan fingerprint density at radius 3 is 2.07 bits per heavy atom. The highest BCUT2D eigenvalue weighted by molar-refractivity contribution is 6.05. The fourth-order valence-electron chi connectivity index (χ4n) is 2.75. The Morgan fingerprint density at radius 2 is 1.45 bits per heavy atom. The lowest BCUT2D eigenvalue weighted by molar-refractivity contribution is 0.0949. The Balaban J connectivity index is 1.63. The highest BCUT2D eigenvalue weighted by Crippen LogP contribution is 2.29. The van der Waals surface area contributed by atoms with E-state index in [2.05, 4.69) is 10.6 Å². The van der Waals surface area contributed by atoms with Crippen LogP contribution in [0, 0.1) is 0 Å². The van der Waals surface area contributed by atoms with Gasteiger partial charge in [0.2, 0.25) is 0 Å². The second-order valence-electron chi connectivity index (χ2n) is 6.27. The molecular weight excluding hydrogens is 368 g/mol. The van der Waals surface area contributed by atoms with Crippen LogP contribution >= 0.6 is 0 Å². The zero-order valence-electron chi connectivity index (χ0n) is 16.3. The first-order chi connectivity index (χ1) is 14.1.